The molecule has 228 valence electrons. The van der Waals surface area contributed by atoms with Crippen LogP contribution in [0.1, 0.15) is 86.1 Å². The van der Waals surface area contributed by atoms with Crippen molar-refractivity contribution >= 4 is 23.3 Å². The maximum atomic E-state index is 13.1. The molecule has 0 aromatic carbocycles. The number of piperidine rings is 1. The molecule has 2 aromatic rings. The number of hydrogen-bond acceptors (Lipinski definition) is 8. The lowest BCUT2D eigenvalue weighted by Gasteiger charge is -2.40. The van der Waals surface area contributed by atoms with Crippen LogP contribution in [-0.4, -0.2) is 88.1 Å². The van der Waals surface area contributed by atoms with E-state index in [9.17, 15) is 14.7 Å². The third kappa shape index (κ3) is 8.71. The first-order valence-corrected chi connectivity index (χ1v) is 15.3. The largest absolute Gasteiger partial charge is 0.372 e. The molecule has 0 saturated carbocycles. The average molecular weight is 589 g/mol. The molecule has 3 N–H and O–H groups in total. The maximum Gasteiger partial charge on any atom is 0.341 e. The zero-order chi connectivity index (χ0) is 30.3. The Morgan fingerprint density at radius 1 is 1.27 bits per heavy atom. The highest BCUT2D eigenvalue weighted by molar-refractivity contribution is 7.07. The second-order valence-corrected chi connectivity index (χ2v) is 12.8. The highest BCUT2D eigenvalue weighted by Crippen LogP contribution is 2.26. The smallest absolute Gasteiger partial charge is 0.341 e. The molecule has 3 rings (SSSR count). The lowest BCUT2D eigenvalue weighted by atomic mass is 10.0. The number of carbonyl (C=O) groups is 2. The van der Waals surface area contributed by atoms with E-state index in [4.69, 9.17) is 4.84 Å². The molecule has 0 aliphatic carbocycles. The molecule has 10 nitrogen and oxygen atoms in total. The normalized spacial score (nSPS) is 16.4. The number of aromatic nitrogens is 1. The number of hydroxylamine groups is 1. The van der Waals surface area contributed by atoms with Gasteiger partial charge in [-0.2, -0.15) is 11.3 Å². The van der Waals surface area contributed by atoms with Gasteiger partial charge < -0.3 is 20.2 Å². The summed E-state index contributed by atoms with van der Waals surface area (Å²) in [5, 5.41) is 18.0. The van der Waals surface area contributed by atoms with Crippen LogP contribution in [0.5, 0.6) is 0 Å². The van der Waals surface area contributed by atoms with Gasteiger partial charge in [0.25, 0.3) is 5.91 Å². The number of pyridine rings is 1. The van der Waals surface area contributed by atoms with Crippen molar-refractivity contribution in [1.29, 1.82) is 0 Å². The van der Waals surface area contributed by atoms with E-state index in [2.05, 4.69) is 33.0 Å². The molecule has 1 aliphatic rings. The Hall–Kier alpha value is -2.57. The summed E-state index contributed by atoms with van der Waals surface area (Å²) in [6.45, 7) is 14.9. The van der Waals surface area contributed by atoms with Crippen LogP contribution in [0.25, 0.3) is 0 Å². The molecule has 3 amide bonds. The van der Waals surface area contributed by atoms with Gasteiger partial charge in [-0.25, -0.2) is 10.3 Å². The number of nitrogens with zero attached hydrogens (tertiary/aromatic N) is 4. The van der Waals surface area contributed by atoms with Crippen molar-refractivity contribution in [2.45, 2.75) is 91.2 Å². The van der Waals surface area contributed by atoms with Crippen LogP contribution < -0.4 is 10.8 Å². The van der Waals surface area contributed by atoms with E-state index in [1.165, 1.54) is 7.11 Å². The van der Waals surface area contributed by atoms with Gasteiger partial charge in [-0.15, -0.1) is 0 Å². The molecule has 1 unspecified atom stereocenters. The van der Waals surface area contributed by atoms with Crippen molar-refractivity contribution in [1.82, 2.24) is 30.5 Å². The Bertz CT molecular complexity index is 1120. The standard InChI is InChI=1S/C30H48N6O4S/c1-20-17-25(28(38)34(7)30(4,5)6)32-22(3)26(20)27(37)31-13-9-21(2)35-14-10-24(11-15-35)36(29(39)33-40-8)18-23-12-16-41-19-23/h12,16-17,19,21,24,28,38H,9-11,13-15,18H2,1-8H3,(H,31,37)(H,33,39)/t21-,28?/m1/s1. The Morgan fingerprint density at radius 3 is 2.51 bits per heavy atom. The van der Waals surface area contributed by atoms with Gasteiger partial charge in [0.15, 0.2) is 6.23 Å². The van der Waals surface area contributed by atoms with E-state index in [0.717, 1.165) is 43.5 Å². The highest BCUT2D eigenvalue weighted by Gasteiger charge is 2.30. The first-order chi connectivity index (χ1) is 19.3. The van der Waals surface area contributed by atoms with E-state index in [1.807, 2.05) is 62.9 Å². The number of likely N-dealkylation sites (tertiary alicyclic amines) is 1. The molecular formula is C30H48N6O4S. The molecule has 2 atom stereocenters. The van der Waals surface area contributed by atoms with Crippen molar-refractivity contribution < 1.29 is 19.5 Å². The summed E-state index contributed by atoms with van der Waals surface area (Å²) in [4.78, 5) is 41.4. The molecule has 2 aromatic heterocycles. The number of thiophene rings is 1. The van der Waals surface area contributed by atoms with Crippen molar-refractivity contribution in [2.75, 3.05) is 33.8 Å². The molecule has 3 heterocycles. The van der Waals surface area contributed by atoms with Crippen molar-refractivity contribution in [3.05, 3.63) is 51.0 Å². The summed E-state index contributed by atoms with van der Waals surface area (Å²) in [6, 6.07) is 4.07. The summed E-state index contributed by atoms with van der Waals surface area (Å²) in [6.07, 6.45) is 1.72. The Labute approximate surface area is 249 Å². The summed E-state index contributed by atoms with van der Waals surface area (Å²) < 4.78 is 0. The number of hydrogen-bond donors (Lipinski definition) is 3. The Morgan fingerprint density at radius 2 is 1.95 bits per heavy atom. The molecule has 1 aliphatic heterocycles. The van der Waals surface area contributed by atoms with Crippen LogP contribution in [-0.2, 0) is 11.4 Å². The SMILES string of the molecule is CONC(=O)N(Cc1ccsc1)C1CCN([C@H](C)CCNC(=O)c2c(C)cc(C(O)N(C)C(C)(C)C)nc2C)CC1. The number of aryl methyl sites for hydroxylation is 2. The molecule has 0 radical (unpaired) electrons. The first kappa shape index (κ1) is 32.9. The zero-order valence-corrected chi connectivity index (χ0v) is 26.7. The number of rotatable bonds is 11. The van der Waals surface area contributed by atoms with Crippen LogP contribution >= 0.6 is 11.3 Å². The van der Waals surface area contributed by atoms with Crippen LogP contribution in [0.2, 0.25) is 0 Å². The number of aliphatic hydroxyl groups excluding tert-OH is 1. The minimum absolute atomic E-state index is 0.135. The van der Waals surface area contributed by atoms with Crippen molar-refractivity contribution in [3.63, 3.8) is 0 Å². The fourth-order valence-corrected chi connectivity index (χ4v) is 5.96. The summed E-state index contributed by atoms with van der Waals surface area (Å²) in [5.41, 5.74) is 5.89. The Kier molecular flexibility index (Phi) is 11.7. The quantitative estimate of drug-likeness (QED) is 0.266. The van der Waals surface area contributed by atoms with Gasteiger partial charge in [0, 0.05) is 43.8 Å². The lowest BCUT2D eigenvalue weighted by molar-refractivity contribution is -0.0364. The fraction of sp³-hybridized carbons (Fsp3) is 0.633. The molecule has 11 heteroatoms. The van der Waals surface area contributed by atoms with Crippen LogP contribution in [0.4, 0.5) is 4.79 Å². The van der Waals surface area contributed by atoms with Crippen LogP contribution in [0, 0.1) is 13.8 Å². The summed E-state index contributed by atoms with van der Waals surface area (Å²) in [7, 11) is 3.32. The number of amides is 3. The van der Waals surface area contributed by atoms with E-state index in [-0.39, 0.29) is 23.5 Å². The molecule has 1 fully saturated rings. The number of nitrogens with one attached hydrogen (secondary N) is 2. The van der Waals surface area contributed by atoms with Crippen molar-refractivity contribution in [3.8, 4) is 0 Å². The third-order valence-corrected chi connectivity index (χ3v) is 8.86. The van der Waals surface area contributed by atoms with Crippen LogP contribution in [0.15, 0.2) is 22.9 Å². The number of urea groups is 1. The molecule has 0 bridgehead atoms. The fourth-order valence-electron chi connectivity index (χ4n) is 5.30. The molecular weight excluding hydrogens is 540 g/mol. The highest BCUT2D eigenvalue weighted by atomic mass is 32.1. The van der Waals surface area contributed by atoms with Gasteiger partial charge in [0.1, 0.15) is 0 Å². The third-order valence-electron chi connectivity index (χ3n) is 8.13. The first-order valence-electron chi connectivity index (χ1n) is 14.4. The molecule has 0 spiro atoms. The summed E-state index contributed by atoms with van der Waals surface area (Å²) in [5.74, 6) is -0.142. The predicted octanol–water partition coefficient (Wildman–Crippen LogP) is 4.23. The van der Waals surface area contributed by atoms with Gasteiger partial charge in [-0.1, -0.05) is 0 Å². The van der Waals surface area contributed by atoms with E-state index >= 15 is 0 Å². The molecule has 41 heavy (non-hydrogen) atoms. The Balaban J connectivity index is 1.51. The van der Waals surface area contributed by atoms with Gasteiger partial charge in [0.05, 0.1) is 24.1 Å². The minimum Gasteiger partial charge on any atom is -0.372 e. The van der Waals surface area contributed by atoms with E-state index < -0.39 is 6.23 Å². The minimum atomic E-state index is -0.855. The second-order valence-electron chi connectivity index (χ2n) is 12.0. The van der Waals surface area contributed by atoms with Crippen molar-refractivity contribution in [2.24, 2.45) is 0 Å². The average Bonchev–Trinajstić information content (AvgIpc) is 3.43. The lowest BCUT2D eigenvalue weighted by Crippen LogP contribution is -2.51. The summed E-state index contributed by atoms with van der Waals surface area (Å²) >= 11 is 1.63. The van der Waals surface area contributed by atoms with E-state index in [0.29, 0.717) is 36.1 Å². The topological polar surface area (TPSA) is 110 Å². The molecule has 1 saturated heterocycles. The van der Waals surface area contributed by atoms with Gasteiger partial charge >= 0.3 is 6.03 Å². The number of aliphatic hydroxyl groups is 1. The number of carbonyl (C=O) groups excluding carboxylic acids is 2. The van der Waals surface area contributed by atoms with Gasteiger partial charge in [-0.3, -0.25) is 19.5 Å². The maximum absolute atomic E-state index is 13.1. The second kappa shape index (κ2) is 14.6. The van der Waals surface area contributed by atoms with E-state index in [1.54, 1.807) is 17.4 Å². The van der Waals surface area contributed by atoms with Gasteiger partial charge in [-0.05, 0) is 102 Å². The zero-order valence-electron chi connectivity index (χ0n) is 25.9. The monoisotopic (exact) mass is 588 g/mol. The van der Waals surface area contributed by atoms with Crippen LogP contribution in [0.3, 0.4) is 0 Å². The predicted molar refractivity (Wildman–Crippen MR) is 163 cm³/mol. The van der Waals surface area contributed by atoms with Gasteiger partial charge in [0.2, 0.25) is 0 Å².